The predicted octanol–water partition coefficient (Wildman–Crippen LogP) is 1.83. The van der Waals surface area contributed by atoms with Gasteiger partial charge in [-0.1, -0.05) is 5.92 Å². The van der Waals surface area contributed by atoms with Crippen LogP contribution in [-0.4, -0.2) is 15.0 Å². The van der Waals surface area contributed by atoms with Gasteiger partial charge in [-0.3, -0.25) is 4.98 Å². The third-order valence-electron chi connectivity index (χ3n) is 1.95. The Kier molecular flexibility index (Phi) is 2.42. The van der Waals surface area contributed by atoms with Crippen molar-refractivity contribution >= 4 is 0 Å². The van der Waals surface area contributed by atoms with E-state index in [1.54, 1.807) is 12.4 Å². The molecule has 0 atom stereocenters. The zero-order chi connectivity index (χ0) is 10.7. The number of pyridine rings is 1. The molecular formula is C12H9N3. The van der Waals surface area contributed by atoms with Gasteiger partial charge in [0.25, 0.3) is 0 Å². The molecule has 0 saturated carbocycles. The third-order valence-corrected chi connectivity index (χ3v) is 1.95. The average Bonchev–Trinajstić information content (AvgIpc) is 2.29. The van der Waals surface area contributed by atoms with E-state index in [1.165, 1.54) is 0 Å². The lowest BCUT2D eigenvalue weighted by Crippen LogP contribution is -1.93. The summed E-state index contributed by atoms with van der Waals surface area (Å²) in [5, 5.41) is 0. The SMILES string of the molecule is C#Cc1ccc(-c2nccc(C)n2)nc1. The van der Waals surface area contributed by atoms with E-state index in [0.717, 1.165) is 17.0 Å². The quantitative estimate of drug-likeness (QED) is 0.651. The molecule has 0 amide bonds. The summed E-state index contributed by atoms with van der Waals surface area (Å²) in [7, 11) is 0. The lowest BCUT2D eigenvalue weighted by molar-refractivity contribution is 1.09. The number of nitrogens with zero attached hydrogens (tertiary/aromatic N) is 3. The Bertz CT molecular complexity index is 509. The summed E-state index contributed by atoms with van der Waals surface area (Å²) in [6.07, 6.45) is 8.60. The van der Waals surface area contributed by atoms with Crippen LogP contribution in [0.2, 0.25) is 0 Å². The summed E-state index contributed by atoms with van der Waals surface area (Å²) in [5.41, 5.74) is 2.41. The minimum atomic E-state index is 0.624. The molecule has 0 fully saturated rings. The molecule has 3 heteroatoms. The summed E-state index contributed by atoms with van der Waals surface area (Å²) in [4.78, 5) is 12.6. The van der Waals surface area contributed by atoms with Crippen molar-refractivity contribution in [2.24, 2.45) is 0 Å². The van der Waals surface area contributed by atoms with E-state index in [-0.39, 0.29) is 0 Å². The summed E-state index contributed by atoms with van der Waals surface area (Å²) in [5.74, 6) is 3.14. The maximum absolute atomic E-state index is 5.24. The van der Waals surface area contributed by atoms with Crippen molar-refractivity contribution < 1.29 is 0 Å². The number of hydrogen-bond donors (Lipinski definition) is 0. The van der Waals surface area contributed by atoms with E-state index >= 15 is 0 Å². The minimum absolute atomic E-state index is 0.624. The second kappa shape index (κ2) is 3.89. The molecule has 2 aromatic heterocycles. The number of terminal acetylenes is 1. The van der Waals surface area contributed by atoms with Crippen molar-refractivity contribution in [3.05, 3.63) is 41.9 Å². The molecule has 0 saturated heterocycles. The summed E-state index contributed by atoms with van der Waals surface area (Å²) in [6.45, 7) is 1.92. The Morgan fingerprint density at radius 1 is 1.20 bits per heavy atom. The Morgan fingerprint density at radius 3 is 2.67 bits per heavy atom. The van der Waals surface area contributed by atoms with Gasteiger partial charge in [-0.05, 0) is 25.1 Å². The fourth-order valence-electron chi connectivity index (χ4n) is 1.18. The summed E-state index contributed by atoms with van der Waals surface area (Å²) in [6, 6.07) is 5.50. The first kappa shape index (κ1) is 9.35. The highest BCUT2D eigenvalue weighted by molar-refractivity contribution is 5.50. The maximum Gasteiger partial charge on any atom is 0.178 e. The van der Waals surface area contributed by atoms with Crippen molar-refractivity contribution in [2.75, 3.05) is 0 Å². The summed E-state index contributed by atoms with van der Waals surface area (Å²) < 4.78 is 0. The van der Waals surface area contributed by atoms with Gasteiger partial charge in [0.05, 0.1) is 0 Å². The predicted molar refractivity (Wildman–Crippen MR) is 57.9 cm³/mol. The van der Waals surface area contributed by atoms with E-state index in [9.17, 15) is 0 Å². The second-order valence-corrected chi connectivity index (χ2v) is 3.10. The van der Waals surface area contributed by atoms with Crippen molar-refractivity contribution in [3.8, 4) is 23.9 Å². The van der Waals surface area contributed by atoms with Gasteiger partial charge in [-0.2, -0.15) is 0 Å². The fourth-order valence-corrected chi connectivity index (χ4v) is 1.18. The van der Waals surface area contributed by atoms with E-state index in [2.05, 4.69) is 20.9 Å². The van der Waals surface area contributed by atoms with Crippen molar-refractivity contribution in [3.63, 3.8) is 0 Å². The van der Waals surface area contributed by atoms with E-state index < -0.39 is 0 Å². The first-order chi connectivity index (χ1) is 7.29. The highest BCUT2D eigenvalue weighted by Crippen LogP contribution is 2.11. The molecule has 0 unspecified atom stereocenters. The first-order valence-electron chi connectivity index (χ1n) is 4.52. The second-order valence-electron chi connectivity index (χ2n) is 3.10. The fraction of sp³-hybridized carbons (Fsp3) is 0.0833. The van der Waals surface area contributed by atoms with Gasteiger partial charge in [-0.25, -0.2) is 9.97 Å². The molecule has 0 bridgehead atoms. The number of rotatable bonds is 1. The van der Waals surface area contributed by atoms with Gasteiger partial charge in [0.2, 0.25) is 0 Å². The Labute approximate surface area is 88.2 Å². The zero-order valence-corrected chi connectivity index (χ0v) is 8.31. The average molecular weight is 195 g/mol. The topological polar surface area (TPSA) is 38.7 Å². The van der Waals surface area contributed by atoms with Crippen LogP contribution in [0, 0.1) is 19.3 Å². The Hall–Kier alpha value is -2.21. The highest BCUT2D eigenvalue weighted by atomic mass is 14.9. The standard InChI is InChI=1S/C12H9N3/c1-3-10-4-5-11(14-8-10)12-13-7-6-9(2)15-12/h1,4-8H,2H3. The molecule has 0 radical (unpaired) electrons. The lowest BCUT2D eigenvalue weighted by atomic mass is 10.2. The van der Waals surface area contributed by atoms with Gasteiger partial charge >= 0.3 is 0 Å². The molecule has 2 heterocycles. The van der Waals surface area contributed by atoms with Crippen LogP contribution in [0.1, 0.15) is 11.3 Å². The molecule has 0 N–H and O–H groups in total. The van der Waals surface area contributed by atoms with E-state index in [4.69, 9.17) is 6.42 Å². The number of hydrogen-bond acceptors (Lipinski definition) is 3. The smallest absolute Gasteiger partial charge is 0.178 e. The molecule has 0 spiro atoms. The molecule has 15 heavy (non-hydrogen) atoms. The van der Waals surface area contributed by atoms with E-state index in [1.807, 2.05) is 25.1 Å². The monoisotopic (exact) mass is 195 g/mol. The number of aryl methyl sites for hydroxylation is 1. The normalized spacial score (nSPS) is 9.60. The van der Waals surface area contributed by atoms with Crippen molar-refractivity contribution in [1.82, 2.24) is 15.0 Å². The van der Waals surface area contributed by atoms with Crippen molar-refractivity contribution in [1.29, 1.82) is 0 Å². The minimum Gasteiger partial charge on any atom is -0.252 e. The summed E-state index contributed by atoms with van der Waals surface area (Å²) >= 11 is 0. The molecule has 2 rings (SSSR count). The van der Waals surface area contributed by atoms with Crippen LogP contribution in [-0.2, 0) is 0 Å². The van der Waals surface area contributed by atoms with Crippen LogP contribution in [0.4, 0.5) is 0 Å². The van der Waals surface area contributed by atoms with Gasteiger partial charge in [0.1, 0.15) is 5.69 Å². The lowest BCUT2D eigenvalue weighted by Gasteiger charge is -1.99. The van der Waals surface area contributed by atoms with Gasteiger partial charge in [0, 0.05) is 23.7 Å². The van der Waals surface area contributed by atoms with E-state index in [0.29, 0.717) is 5.82 Å². The van der Waals surface area contributed by atoms with Crippen LogP contribution in [0.25, 0.3) is 11.5 Å². The van der Waals surface area contributed by atoms with Crippen molar-refractivity contribution in [2.45, 2.75) is 6.92 Å². The molecule has 72 valence electrons. The first-order valence-corrected chi connectivity index (χ1v) is 4.52. The van der Waals surface area contributed by atoms with Gasteiger partial charge in [0.15, 0.2) is 5.82 Å². The molecule has 0 aliphatic heterocycles. The number of aromatic nitrogens is 3. The van der Waals surface area contributed by atoms with Crippen LogP contribution in [0.5, 0.6) is 0 Å². The van der Waals surface area contributed by atoms with Crippen LogP contribution in [0.15, 0.2) is 30.6 Å². The molecule has 0 aliphatic carbocycles. The van der Waals surface area contributed by atoms with Gasteiger partial charge < -0.3 is 0 Å². The largest absolute Gasteiger partial charge is 0.252 e. The Balaban J connectivity index is 2.42. The molecular weight excluding hydrogens is 186 g/mol. The Morgan fingerprint density at radius 2 is 2.07 bits per heavy atom. The molecule has 3 nitrogen and oxygen atoms in total. The van der Waals surface area contributed by atoms with Gasteiger partial charge in [-0.15, -0.1) is 6.42 Å². The maximum atomic E-state index is 5.24. The van der Waals surface area contributed by atoms with Crippen LogP contribution < -0.4 is 0 Å². The molecule has 2 aromatic rings. The third kappa shape index (κ3) is 2.00. The molecule has 0 aliphatic rings. The van der Waals surface area contributed by atoms with Crippen LogP contribution in [0.3, 0.4) is 0 Å². The highest BCUT2D eigenvalue weighted by Gasteiger charge is 2.01. The zero-order valence-electron chi connectivity index (χ0n) is 8.31. The van der Waals surface area contributed by atoms with Crippen LogP contribution >= 0.6 is 0 Å². The molecule has 0 aromatic carbocycles.